The molecule has 1 nitrogen and oxygen atoms in total. The second kappa shape index (κ2) is 6.91. The maximum atomic E-state index is 5.87. The number of hydrogen-bond acceptors (Lipinski definition) is 2. The van der Waals surface area contributed by atoms with Crippen molar-refractivity contribution in [1.82, 2.24) is 0 Å². The van der Waals surface area contributed by atoms with Crippen molar-refractivity contribution in [3.8, 4) is 0 Å². The molecule has 1 fully saturated rings. The first-order chi connectivity index (χ1) is 6.74. The highest BCUT2D eigenvalue weighted by Crippen LogP contribution is 2.23. The van der Waals surface area contributed by atoms with E-state index in [1.165, 1.54) is 38.5 Å². The third-order valence-corrected chi connectivity index (χ3v) is 5.36. The Kier molecular flexibility index (Phi) is 6.22. The minimum absolute atomic E-state index is 0.205. The highest BCUT2D eigenvalue weighted by atomic mass is 32.8. The molecule has 0 saturated heterocycles. The Morgan fingerprint density at radius 2 is 2.00 bits per heavy atom. The van der Waals surface area contributed by atoms with E-state index >= 15 is 0 Å². The third-order valence-electron chi connectivity index (χ3n) is 2.78. The van der Waals surface area contributed by atoms with Gasteiger partial charge in [0.15, 0.2) is 0 Å². The normalized spacial score (nSPS) is 23.3. The molecule has 0 spiro atoms. The van der Waals surface area contributed by atoms with Crippen molar-refractivity contribution in [2.24, 2.45) is 0 Å². The highest BCUT2D eigenvalue weighted by molar-refractivity contribution is 8.26. The van der Waals surface area contributed by atoms with Gasteiger partial charge in [-0.05, 0) is 37.4 Å². The van der Waals surface area contributed by atoms with Gasteiger partial charge < -0.3 is 4.18 Å². The molecule has 0 aromatic rings. The smallest absolute Gasteiger partial charge is 0.0697 e. The van der Waals surface area contributed by atoms with Crippen LogP contribution in [-0.4, -0.2) is 11.4 Å². The van der Waals surface area contributed by atoms with Crippen molar-refractivity contribution in [3.05, 3.63) is 0 Å². The van der Waals surface area contributed by atoms with E-state index in [0.717, 1.165) is 6.42 Å². The zero-order valence-electron chi connectivity index (χ0n) is 9.33. The molecule has 0 aliphatic heterocycles. The van der Waals surface area contributed by atoms with Crippen molar-refractivity contribution in [3.63, 3.8) is 0 Å². The van der Waals surface area contributed by atoms with Crippen LogP contribution in [0.25, 0.3) is 0 Å². The second-order valence-corrected chi connectivity index (χ2v) is 6.58. The number of rotatable bonds is 5. The molecule has 0 aromatic carbocycles. The van der Waals surface area contributed by atoms with E-state index in [1.807, 2.05) is 0 Å². The van der Waals surface area contributed by atoms with Crippen LogP contribution in [0.2, 0.25) is 0 Å². The van der Waals surface area contributed by atoms with Crippen molar-refractivity contribution in [1.29, 1.82) is 0 Å². The molecule has 84 valence electrons. The van der Waals surface area contributed by atoms with Gasteiger partial charge in [0.05, 0.1) is 6.10 Å². The van der Waals surface area contributed by atoms with Gasteiger partial charge in [-0.15, -0.1) is 0 Å². The summed E-state index contributed by atoms with van der Waals surface area (Å²) in [7, 11) is -0.205. The van der Waals surface area contributed by atoms with Gasteiger partial charge in [0.25, 0.3) is 0 Å². The molecule has 0 N–H and O–H groups in total. The average molecular weight is 234 g/mol. The van der Waals surface area contributed by atoms with E-state index in [-0.39, 0.29) is 9.74 Å². The lowest BCUT2D eigenvalue weighted by Gasteiger charge is -2.24. The molecule has 1 saturated carbocycles. The monoisotopic (exact) mass is 234 g/mol. The predicted molar refractivity (Wildman–Crippen MR) is 67.1 cm³/mol. The molecule has 0 amide bonds. The highest BCUT2D eigenvalue weighted by Gasteiger charge is 2.18. The van der Waals surface area contributed by atoms with Crippen LogP contribution < -0.4 is 0 Å². The Bertz CT molecular complexity index is 176. The Morgan fingerprint density at radius 1 is 1.36 bits per heavy atom. The molecule has 1 rings (SSSR count). The van der Waals surface area contributed by atoms with Crippen LogP contribution >= 0.6 is 0 Å². The van der Waals surface area contributed by atoms with Crippen LogP contribution in [0.3, 0.4) is 0 Å². The van der Waals surface area contributed by atoms with Crippen LogP contribution in [0, 0.1) is 0 Å². The maximum absolute atomic E-state index is 5.87. The quantitative estimate of drug-likeness (QED) is 0.720. The Hall–Kier alpha value is 0.530. The lowest BCUT2D eigenvalue weighted by Crippen LogP contribution is -2.22. The SMILES string of the molecule is CCCC(C)OS(=S)C1CCCCC1. The fourth-order valence-electron chi connectivity index (χ4n) is 1.95. The lowest BCUT2D eigenvalue weighted by molar-refractivity contribution is 0.242. The van der Waals surface area contributed by atoms with Crippen LogP contribution in [0.15, 0.2) is 0 Å². The zero-order chi connectivity index (χ0) is 10.4. The van der Waals surface area contributed by atoms with Crippen LogP contribution in [0.4, 0.5) is 0 Å². The Balaban J connectivity index is 2.25. The minimum atomic E-state index is -0.205. The largest absolute Gasteiger partial charge is 0.309 e. The topological polar surface area (TPSA) is 9.23 Å². The van der Waals surface area contributed by atoms with Crippen molar-refractivity contribution in [2.45, 2.75) is 70.1 Å². The van der Waals surface area contributed by atoms with E-state index in [2.05, 4.69) is 13.8 Å². The fraction of sp³-hybridized carbons (Fsp3) is 1.00. The molecule has 1 aliphatic rings. The van der Waals surface area contributed by atoms with Gasteiger partial charge in [-0.1, -0.05) is 32.6 Å². The zero-order valence-corrected chi connectivity index (χ0v) is 11.0. The summed E-state index contributed by atoms with van der Waals surface area (Å²) in [4.78, 5) is 0. The second-order valence-electron chi connectivity index (χ2n) is 4.22. The number of hydrogen-bond donors (Lipinski definition) is 0. The molecule has 14 heavy (non-hydrogen) atoms. The first-order valence-corrected chi connectivity index (χ1v) is 7.95. The molecular formula is C11H22OS2. The van der Waals surface area contributed by atoms with Crippen molar-refractivity contribution < 1.29 is 4.18 Å². The maximum Gasteiger partial charge on any atom is 0.0697 e. The fourth-order valence-corrected chi connectivity index (χ4v) is 4.23. The van der Waals surface area contributed by atoms with E-state index in [0.29, 0.717) is 11.4 Å². The molecule has 3 heteroatoms. The van der Waals surface area contributed by atoms with Gasteiger partial charge >= 0.3 is 0 Å². The molecule has 0 aromatic heterocycles. The summed E-state index contributed by atoms with van der Waals surface area (Å²) < 4.78 is 5.87. The predicted octanol–water partition coefficient (Wildman–Crippen LogP) is 3.52. The summed E-state index contributed by atoms with van der Waals surface area (Å²) in [5.74, 6) is 0. The van der Waals surface area contributed by atoms with Crippen LogP contribution in [-0.2, 0) is 25.1 Å². The summed E-state index contributed by atoms with van der Waals surface area (Å²) >= 11 is 5.45. The van der Waals surface area contributed by atoms with Gasteiger partial charge in [0, 0.05) is 15.0 Å². The first-order valence-electron chi connectivity index (χ1n) is 5.81. The van der Waals surface area contributed by atoms with E-state index in [1.54, 1.807) is 0 Å². The van der Waals surface area contributed by atoms with E-state index in [9.17, 15) is 0 Å². The lowest BCUT2D eigenvalue weighted by atomic mass is 10.0. The van der Waals surface area contributed by atoms with Gasteiger partial charge in [-0.3, -0.25) is 0 Å². The summed E-state index contributed by atoms with van der Waals surface area (Å²) in [6.45, 7) is 4.35. The molecule has 0 heterocycles. The van der Waals surface area contributed by atoms with Crippen LogP contribution in [0.1, 0.15) is 58.8 Å². The summed E-state index contributed by atoms with van der Waals surface area (Å²) in [6.07, 6.45) is 9.41. The average Bonchev–Trinajstić information content (AvgIpc) is 2.19. The van der Waals surface area contributed by atoms with E-state index < -0.39 is 0 Å². The third kappa shape index (κ3) is 4.37. The van der Waals surface area contributed by atoms with Gasteiger partial charge in [0.2, 0.25) is 0 Å². The molecular weight excluding hydrogens is 212 g/mol. The van der Waals surface area contributed by atoms with Crippen molar-refractivity contribution in [2.75, 3.05) is 0 Å². The van der Waals surface area contributed by atoms with E-state index in [4.69, 9.17) is 15.4 Å². The molecule has 0 radical (unpaired) electrons. The summed E-state index contributed by atoms with van der Waals surface area (Å²) in [5.41, 5.74) is 0. The van der Waals surface area contributed by atoms with Gasteiger partial charge in [0.1, 0.15) is 0 Å². The van der Waals surface area contributed by atoms with Crippen LogP contribution in [0.5, 0.6) is 0 Å². The molecule has 2 atom stereocenters. The minimum Gasteiger partial charge on any atom is -0.309 e. The first kappa shape index (κ1) is 12.6. The summed E-state index contributed by atoms with van der Waals surface area (Å²) in [6, 6.07) is 0. The van der Waals surface area contributed by atoms with Gasteiger partial charge in [-0.2, -0.15) is 0 Å². The Labute approximate surface area is 95.4 Å². The molecule has 0 bridgehead atoms. The molecule has 1 aliphatic carbocycles. The Morgan fingerprint density at radius 3 is 2.57 bits per heavy atom. The summed E-state index contributed by atoms with van der Waals surface area (Å²) in [5, 5.41) is 0.679. The standard InChI is InChI=1S/C11H22OS2/c1-3-7-10(2)12-14(13)11-8-5-4-6-9-11/h10-11H,3-9H2,1-2H3. The van der Waals surface area contributed by atoms with Gasteiger partial charge in [-0.25, -0.2) is 0 Å². The molecule has 2 unspecified atom stereocenters. The van der Waals surface area contributed by atoms with Crippen molar-refractivity contribution >= 4 is 20.9 Å².